The molecular formula is C13H16O3. The average molecular weight is 220 g/mol. The molecule has 0 aliphatic rings. The molecule has 16 heavy (non-hydrogen) atoms. The molecule has 0 atom stereocenters. The summed E-state index contributed by atoms with van der Waals surface area (Å²) in [4.78, 5) is 11.5. The van der Waals surface area contributed by atoms with E-state index < -0.39 is 0 Å². The van der Waals surface area contributed by atoms with Crippen molar-refractivity contribution >= 4 is 12.0 Å². The summed E-state index contributed by atoms with van der Waals surface area (Å²) >= 11 is 0. The Morgan fingerprint density at radius 3 is 2.56 bits per heavy atom. The molecule has 0 amide bonds. The van der Waals surface area contributed by atoms with Crippen LogP contribution in [-0.2, 0) is 9.53 Å². The minimum atomic E-state index is -0.363. The fraction of sp³-hybridized carbons (Fsp3) is 0.308. The summed E-state index contributed by atoms with van der Waals surface area (Å²) in [6.07, 6.45) is 1.47. The van der Waals surface area contributed by atoms with E-state index in [2.05, 4.69) is 0 Å². The minimum absolute atomic E-state index is 0.139. The van der Waals surface area contributed by atoms with Crippen molar-refractivity contribution in [1.29, 1.82) is 0 Å². The minimum Gasteiger partial charge on any atom is -0.507 e. The van der Waals surface area contributed by atoms with Gasteiger partial charge >= 0.3 is 5.97 Å². The van der Waals surface area contributed by atoms with Gasteiger partial charge in [-0.25, -0.2) is 4.79 Å². The van der Waals surface area contributed by atoms with Gasteiger partial charge in [0.15, 0.2) is 0 Å². The molecule has 1 aromatic rings. The van der Waals surface area contributed by atoms with Crippen molar-refractivity contribution in [3.63, 3.8) is 0 Å². The van der Waals surface area contributed by atoms with E-state index in [1.165, 1.54) is 0 Å². The van der Waals surface area contributed by atoms with Crippen LogP contribution in [0.4, 0.5) is 0 Å². The van der Waals surface area contributed by atoms with Crippen LogP contribution in [0.15, 0.2) is 29.8 Å². The van der Waals surface area contributed by atoms with Crippen LogP contribution >= 0.6 is 0 Å². The molecule has 0 spiro atoms. The zero-order valence-corrected chi connectivity index (χ0v) is 9.73. The Bertz CT molecular complexity index is 405. The number of para-hydroxylation sites is 1. The Morgan fingerprint density at radius 1 is 1.38 bits per heavy atom. The van der Waals surface area contributed by atoms with Gasteiger partial charge < -0.3 is 9.84 Å². The van der Waals surface area contributed by atoms with Gasteiger partial charge in [0.2, 0.25) is 0 Å². The number of phenols is 1. The second-order valence-electron chi connectivity index (χ2n) is 3.84. The standard InChI is InChI=1S/C13H16O3/c1-9(2)16-13(15)10(3)8-11-6-4-5-7-12(11)14/h4-9,14H,1-3H3. The fourth-order valence-electron chi connectivity index (χ4n) is 1.21. The Hall–Kier alpha value is -1.77. The van der Waals surface area contributed by atoms with E-state index >= 15 is 0 Å². The summed E-state index contributed by atoms with van der Waals surface area (Å²) in [6, 6.07) is 6.84. The Morgan fingerprint density at radius 2 is 2.00 bits per heavy atom. The Labute approximate surface area is 95.4 Å². The number of ether oxygens (including phenoxy) is 1. The molecule has 1 aromatic carbocycles. The lowest BCUT2D eigenvalue weighted by Crippen LogP contribution is -2.11. The number of aromatic hydroxyl groups is 1. The maximum Gasteiger partial charge on any atom is 0.333 e. The Balaban J connectivity index is 2.85. The first-order valence-electron chi connectivity index (χ1n) is 5.18. The van der Waals surface area contributed by atoms with Gasteiger partial charge in [-0.2, -0.15) is 0 Å². The van der Waals surface area contributed by atoms with Crippen LogP contribution in [-0.4, -0.2) is 17.2 Å². The summed E-state index contributed by atoms with van der Waals surface area (Å²) in [6.45, 7) is 5.26. The van der Waals surface area contributed by atoms with Crippen LogP contribution in [0.1, 0.15) is 26.3 Å². The second-order valence-corrected chi connectivity index (χ2v) is 3.84. The molecule has 1 rings (SSSR count). The lowest BCUT2D eigenvalue weighted by Gasteiger charge is -2.08. The number of hydrogen-bond donors (Lipinski definition) is 1. The van der Waals surface area contributed by atoms with Crippen LogP contribution in [0.25, 0.3) is 6.08 Å². The third kappa shape index (κ3) is 3.42. The summed E-state index contributed by atoms with van der Waals surface area (Å²) in [5, 5.41) is 9.53. The van der Waals surface area contributed by atoms with Crippen LogP contribution in [0.3, 0.4) is 0 Å². The van der Waals surface area contributed by atoms with Gasteiger partial charge in [0.25, 0.3) is 0 Å². The highest BCUT2D eigenvalue weighted by Gasteiger charge is 2.08. The smallest absolute Gasteiger partial charge is 0.333 e. The highest BCUT2D eigenvalue weighted by atomic mass is 16.5. The number of rotatable bonds is 3. The monoisotopic (exact) mass is 220 g/mol. The summed E-state index contributed by atoms with van der Waals surface area (Å²) < 4.78 is 5.04. The first-order valence-corrected chi connectivity index (χ1v) is 5.18. The van der Waals surface area contributed by atoms with E-state index in [0.717, 1.165) is 0 Å². The molecule has 0 radical (unpaired) electrons. The van der Waals surface area contributed by atoms with Crippen LogP contribution in [0.2, 0.25) is 0 Å². The topological polar surface area (TPSA) is 46.5 Å². The van der Waals surface area contributed by atoms with Crippen LogP contribution in [0, 0.1) is 0 Å². The summed E-state index contributed by atoms with van der Waals surface area (Å²) in [5.41, 5.74) is 1.08. The molecule has 0 aromatic heterocycles. The van der Waals surface area contributed by atoms with Gasteiger partial charge in [-0.05, 0) is 32.9 Å². The number of carbonyl (C=O) groups excluding carboxylic acids is 1. The van der Waals surface area contributed by atoms with Crippen molar-refractivity contribution in [1.82, 2.24) is 0 Å². The number of carbonyl (C=O) groups is 1. The van der Waals surface area contributed by atoms with Crippen molar-refractivity contribution in [3.8, 4) is 5.75 Å². The van der Waals surface area contributed by atoms with Gasteiger partial charge in [0.1, 0.15) is 5.75 Å². The van der Waals surface area contributed by atoms with Crippen molar-refractivity contribution < 1.29 is 14.6 Å². The van der Waals surface area contributed by atoms with E-state index in [-0.39, 0.29) is 17.8 Å². The van der Waals surface area contributed by atoms with Crippen LogP contribution < -0.4 is 0 Å². The molecule has 3 nitrogen and oxygen atoms in total. The predicted octanol–water partition coefficient (Wildman–Crippen LogP) is 2.75. The average Bonchev–Trinajstić information content (AvgIpc) is 2.20. The SMILES string of the molecule is CC(=Cc1ccccc1O)C(=O)OC(C)C. The van der Waals surface area contributed by atoms with E-state index in [4.69, 9.17) is 4.74 Å². The fourth-order valence-corrected chi connectivity index (χ4v) is 1.21. The maximum absolute atomic E-state index is 11.5. The Kier molecular flexibility index (Phi) is 4.11. The number of benzene rings is 1. The quantitative estimate of drug-likeness (QED) is 0.629. The predicted molar refractivity (Wildman–Crippen MR) is 63.0 cm³/mol. The second kappa shape index (κ2) is 5.35. The molecule has 3 heteroatoms. The van der Waals surface area contributed by atoms with Crippen molar-refractivity contribution in [3.05, 3.63) is 35.4 Å². The first kappa shape index (κ1) is 12.3. The van der Waals surface area contributed by atoms with E-state index in [1.54, 1.807) is 51.1 Å². The molecule has 0 bridgehead atoms. The summed E-state index contributed by atoms with van der Waals surface area (Å²) in [7, 11) is 0. The molecule has 1 N–H and O–H groups in total. The molecule has 86 valence electrons. The van der Waals surface area contributed by atoms with Crippen molar-refractivity contribution in [2.24, 2.45) is 0 Å². The molecule has 0 aliphatic carbocycles. The third-order valence-electron chi connectivity index (χ3n) is 1.97. The molecule has 0 saturated heterocycles. The highest BCUT2D eigenvalue weighted by Crippen LogP contribution is 2.19. The zero-order chi connectivity index (χ0) is 12.1. The van der Waals surface area contributed by atoms with Gasteiger partial charge in [0.05, 0.1) is 6.10 Å². The number of esters is 1. The number of hydrogen-bond acceptors (Lipinski definition) is 3. The number of phenolic OH excluding ortho intramolecular Hbond substituents is 1. The molecule has 0 unspecified atom stereocenters. The molecule has 0 saturated carbocycles. The molecule has 0 aliphatic heterocycles. The van der Waals surface area contributed by atoms with Gasteiger partial charge in [0, 0.05) is 11.1 Å². The van der Waals surface area contributed by atoms with E-state index in [1.807, 2.05) is 0 Å². The molecular weight excluding hydrogens is 204 g/mol. The van der Waals surface area contributed by atoms with Crippen molar-refractivity contribution in [2.75, 3.05) is 0 Å². The summed E-state index contributed by atoms with van der Waals surface area (Å²) in [5.74, 6) is -0.211. The van der Waals surface area contributed by atoms with Crippen molar-refractivity contribution in [2.45, 2.75) is 26.9 Å². The van der Waals surface area contributed by atoms with Gasteiger partial charge in [-0.15, -0.1) is 0 Å². The normalized spacial score (nSPS) is 11.6. The van der Waals surface area contributed by atoms with Gasteiger partial charge in [-0.1, -0.05) is 18.2 Å². The van der Waals surface area contributed by atoms with E-state index in [9.17, 15) is 9.90 Å². The zero-order valence-electron chi connectivity index (χ0n) is 9.73. The van der Waals surface area contributed by atoms with Crippen LogP contribution in [0.5, 0.6) is 5.75 Å². The molecule has 0 fully saturated rings. The largest absolute Gasteiger partial charge is 0.507 e. The van der Waals surface area contributed by atoms with Gasteiger partial charge in [-0.3, -0.25) is 0 Å². The molecule has 0 heterocycles. The third-order valence-corrected chi connectivity index (χ3v) is 1.97. The lowest BCUT2D eigenvalue weighted by atomic mass is 10.1. The maximum atomic E-state index is 11.5. The van der Waals surface area contributed by atoms with E-state index in [0.29, 0.717) is 11.1 Å². The lowest BCUT2D eigenvalue weighted by molar-refractivity contribution is -0.142. The highest BCUT2D eigenvalue weighted by molar-refractivity contribution is 5.93. The first-order chi connectivity index (χ1) is 7.50.